The third kappa shape index (κ3) is 5.94. The molecular weight excluding hydrogens is 292 g/mol. The summed E-state index contributed by atoms with van der Waals surface area (Å²) in [6.45, 7) is 5.33. The van der Waals surface area contributed by atoms with E-state index >= 15 is 0 Å². The second-order valence-electron chi connectivity index (χ2n) is 4.60. The number of aromatic nitrogens is 1. The number of methoxy groups -OCH3 is 1. The monoisotopic (exact) mass is 314 g/mol. The van der Waals surface area contributed by atoms with Gasteiger partial charge in [0.1, 0.15) is 0 Å². The van der Waals surface area contributed by atoms with Crippen LogP contribution >= 0.6 is 15.9 Å². The Morgan fingerprint density at radius 2 is 2.22 bits per heavy atom. The predicted molar refractivity (Wildman–Crippen MR) is 78.8 cm³/mol. The number of halogens is 1. The van der Waals surface area contributed by atoms with Crippen molar-refractivity contribution in [2.75, 3.05) is 13.7 Å². The molecule has 0 aliphatic heterocycles. The van der Waals surface area contributed by atoms with Crippen LogP contribution in [0.5, 0.6) is 0 Å². The molecule has 0 bridgehead atoms. The maximum atomic E-state index is 5.35. The Bertz CT molecular complexity index is 329. The standard InChI is InChI=1S/C14H23BrN2O/c1-4-7-16-14(8-11(2)18-3)9-13-6-5-12(15)10-17-13/h5-6,10-11,14,16H,4,7-9H2,1-3H3. The van der Waals surface area contributed by atoms with E-state index in [0.717, 1.165) is 36.0 Å². The molecule has 0 fully saturated rings. The summed E-state index contributed by atoms with van der Waals surface area (Å²) in [6.07, 6.45) is 5.22. The zero-order valence-electron chi connectivity index (χ0n) is 11.4. The highest BCUT2D eigenvalue weighted by Crippen LogP contribution is 2.11. The summed E-state index contributed by atoms with van der Waals surface area (Å²) in [6, 6.07) is 4.54. The number of ether oxygens (including phenoxy) is 1. The van der Waals surface area contributed by atoms with Gasteiger partial charge in [-0.05, 0) is 54.4 Å². The topological polar surface area (TPSA) is 34.2 Å². The average molecular weight is 315 g/mol. The molecule has 0 aliphatic carbocycles. The molecule has 1 aromatic rings. The molecule has 1 heterocycles. The second-order valence-corrected chi connectivity index (χ2v) is 5.52. The lowest BCUT2D eigenvalue weighted by Crippen LogP contribution is -2.35. The van der Waals surface area contributed by atoms with Crippen molar-refractivity contribution < 1.29 is 4.74 Å². The number of hydrogen-bond acceptors (Lipinski definition) is 3. The average Bonchev–Trinajstić information content (AvgIpc) is 2.38. The highest BCUT2D eigenvalue weighted by molar-refractivity contribution is 9.10. The molecule has 1 aromatic heterocycles. The lowest BCUT2D eigenvalue weighted by Gasteiger charge is -2.21. The van der Waals surface area contributed by atoms with Crippen LogP contribution in [0.4, 0.5) is 0 Å². The molecule has 0 amide bonds. The Labute approximate surface area is 118 Å². The van der Waals surface area contributed by atoms with Crippen molar-refractivity contribution >= 4 is 15.9 Å². The molecule has 0 radical (unpaired) electrons. The van der Waals surface area contributed by atoms with Gasteiger partial charge in [0, 0.05) is 35.9 Å². The van der Waals surface area contributed by atoms with Gasteiger partial charge in [-0.3, -0.25) is 4.98 Å². The fraction of sp³-hybridized carbons (Fsp3) is 0.643. The molecule has 2 unspecified atom stereocenters. The predicted octanol–water partition coefficient (Wildman–Crippen LogP) is 3.18. The van der Waals surface area contributed by atoms with E-state index in [4.69, 9.17) is 4.74 Å². The van der Waals surface area contributed by atoms with Crippen molar-refractivity contribution in [2.24, 2.45) is 0 Å². The van der Waals surface area contributed by atoms with Crippen LogP contribution in [-0.2, 0) is 11.2 Å². The molecule has 2 atom stereocenters. The fourth-order valence-corrected chi connectivity index (χ4v) is 2.10. The van der Waals surface area contributed by atoms with Crippen molar-refractivity contribution in [3.05, 3.63) is 28.5 Å². The highest BCUT2D eigenvalue weighted by Gasteiger charge is 2.13. The first-order valence-electron chi connectivity index (χ1n) is 6.52. The van der Waals surface area contributed by atoms with Crippen LogP contribution in [0.3, 0.4) is 0 Å². The van der Waals surface area contributed by atoms with Gasteiger partial charge in [0.2, 0.25) is 0 Å². The van der Waals surface area contributed by atoms with Gasteiger partial charge in [0.25, 0.3) is 0 Å². The van der Waals surface area contributed by atoms with Gasteiger partial charge in [0.15, 0.2) is 0 Å². The maximum absolute atomic E-state index is 5.35. The molecule has 18 heavy (non-hydrogen) atoms. The van der Waals surface area contributed by atoms with Crippen molar-refractivity contribution in [1.29, 1.82) is 0 Å². The van der Waals surface area contributed by atoms with Crippen LogP contribution in [0.1, 0.15) is 32.4 Å². The SMILES string of the molecule is CCCNC(Cc1ccc(Br)cn1)CC(C)OC. The Balaban J connectivity index is 2.56. The van der Waals surface area contributed by atoms with Gasteiger partial charge < -0.3 is 10.1 Å². The number of nitrogens with one attached hydrogen (secondary N) is 1. The molecule has 102 valence electrons. The van der Waals surface area contributed by atoms with Crippen molar-refractivity contribution in [3.63, 3.8) is 0 Å². The van der Waals surface area contributed by atoms with Crippen LogP contribution in [0.2, 0.25) is 0 Å². The van der Waals surface area contributed by atoms with E-state index in [9.17, 15) is 0 Å². The normalized spacial score (nSPS) is 14.4. The summed E-state index contributed by atoms with van der Waals surface area (Å²) in [5.74, 6) is 0. The quantitative estimate of drug-likeness (QED) is 0.800. The first kappa shape index (κ1) is 15.6. The number of pyridine rings is 1. The minimum absolute atomic E-state index is 0.273. The van der Waals surface area contributed by atoms with E-state index in [1.54, 1.807) is 7.11 Å². The van der Waals surface area contributed by atoms with Crippen molar-refractivity contribution in [2.45, 2.75) is 45.3 Å². The fourth-order valence-electron chi connectivity index (χ4n) is 1.86. The largest absolute Gasteiger partial charge is 0.382 e. The van der Waals surface area contributed by atoms with Gasteiger partial charge in [-0.1, -0.05) is 6.92 Å². The van der Waals surface area contributed by atoms with Crippen molar-refractivity contribution in [3.8, 4) is 0 Å². The van der Waals surface area contributed by atoms with Crippen LogP contribution in [0.15, 0.2) is 22.8 Å². The second kappa shape index (κ2) is 8.62. The third-order valence-electron chi connectivity index (χ3n) is 2.95. The minimum Gasteiger partial charge on any atom is -0.382 e. The lowest BCUT2D eigenvalue weighted by atomic mass is 10.0. The molecular formula is C14H23BrN2O. The first-order chi connectivity index (χ1) is 8.65. The third-order valence-corrected chi connectivity index (χ3v) is 3.42. The number of rotatable bonds is 8. The minimum atomic E-state index is 0.273. The summed E-state index contributed by atoms with van der Waals surface area (Å²) in [5, 5.41) is 3.57. The summed E-state index contributed by atoms with van der Waals surface area (Å²) < 4.78 is 6.37. The number of hydrogen-bond donors (Lipinski definition) is 1. The van der Waals surface area contributed by atoms with E-state index in [-0.39, 0.29) is 6.10 Å². The molecule has 1 N–H and O–H groups in total. The van der Waals surface area contributed by atoms with E-state index in [1.165, 1.54) is 0 Å². The Morgan fingerprint density at radius 3 is 2.78 bits per heavy atom. The summed E-state index contributed by atoms with van der Waals surface area (Å²) >= 11 is 3.41. The van der Waals surface area contributed by atoms with Gasteiger partial charge in [-0.25, -0.2) is 0 Å². The zero-order valence-corrected chi connectivity index (χ0v) is 13.0. The molecule has 1 rings (SSSR count). The number of nitrogens with zero attached hydrogens (tertiary/aromatic N) is 1. The van der Waals surface area contributed by atoms with Crippen LogP contribution in [0, 0.1) is 0 Å². The van der Waals surface area contributed by atoms with Crippen LogP contribution < -0.4 is 5.32 Å². The smallest absolute Gasteiger partial charge is 0.0558 e. The van der Waals surface area contributed by atoms with Crippen molar-refractivity contribution in [1.82, 2.24) is 10.3 Å². The summed E-state index contributed by atoms with van der Waals surface area (Å²) in [4.78, 5) is 4.43. The highest BCUT2D eigenvalue weighted by atomic mass is 79.9. The summed E-state index contributed by atoms with van der Waals surface area (Å²) in [7, 11) is 1.76. The van der Waals surface area contributed by atoms with Gasteiger partial charge in [-0.15, -0.1) is 0 Å². The lowest BCUT2D eigenvalue weighted by molar-refractivity contribution is 0.100. The molecule has 0 saturated heterocycles. The Morgan fingerprint density at radius 1 is 1.44 bits per heavy atom. The van der Waals surface area contributed by atoms with Gasteiger partial charge >= 0.3 is 0 Å². The molecule has 4 heteroatoms. The molecule has 0 aromatic carbocycles. The Kier molecular flexibility index (Phi) is 7.47. The molecule has 0 spiro atoms. The van der Waals surface area contributed by atoms with E-state index < -0.39 is 0 Å². The maximum Gasteiger partial charge on any atom is 0.0558 e. The van der Waals surface area contributed by atoms with E-state index in [0.29, 0.717) is 6.04 Å². The Hall–Kier alpha value is -0.450. The molecule has 3 nitrogen and oxygen atoms in total. The van der Waals surface area contributed by atoms with Crippen LogP contribution in [-0.4, -0.2) is 30.8 Å². The van der Waals surface area contributed by atoms with E-state index in [2.05, 4.69) is 46.1 Å². The summed E-state index contributed by atoms with van der Waals surface area (Å²) in [5.41, 5.74) is 1.12. The van der Waals surface area contributed by atoms with E-state index in [1.807, 2.05) is 12.3 Å². The van der Waals surface area contributed by atoms with Gasteiger partial charge in [0.05, 0.1) is 6.10 Å². The van der Waals surface area contributed by atoms with Crippen LogP contribution in [0.25, 0.3) is 0 Å². The zero-order chi connectivity index (χ0) is 13.4. The molecule has 0 aliphatic rings. The molecule has 0 saturated carbocycles. The first-order valence-corrected chi connectivity index (χ1v) is 7.31. The van der Waals surface area contributed by atoms with Gasteiger partial charge in [-0.2, -0.15) is 0 Å².